The molecule has 0 unspecified atom stereocenters. The summed E-state index contributed by atoms with van der Waals surface area (Å²) < 4.78 is 19.0. The Bertz CT molecular complexity index is 651. The van der Waals surface area contributed by atoms with Gasteiger partial charge in [0.05, 0.1) is 25.0 Å². The average molecular weight is 301 g/mol. The predicted molar refractivity (Wildman–Crippen MR) is 79.9 cm³/mol. The van der Waals surface area contributed by atoms with E-state index in [1.54, 1.807) is 41.6 Å². The highest BCUT2D eigenvalue weighted by atomic mass is 19.1. The summed E-state index contributed by atoms with van der Waals surface area (Å²) in [5.41, 5.74) is 1.38. The van der Waals surface area contributed by atoms with Gasteiger partial charge in [-0.25, -0.2) is 9.18 Å². The molecule has 2 aromatic rings. The fraction of sp³-hybridized carbons (Fsp3) is 0.250. The number of rotatable bonds is 2. The van der Waals surface area contributed by atoms with Crippen LogP contribution in [0, 0.1) is 5.82 Å². The maximum Gasteiger partial charge on any atom is 0.322 e. The Labute approximate surface area is 127 Å². The maximum absolute atomic E-state index is 13.3. The van der Waals surface area contributed by atoms with Crippen LogP contribution in [0.3, 0.4) is 0 Å². The molecule has 1 aromatic heterocycles. The minimum Gasteiger partial charge on any atom is -0.370 e. The van der Waals surface area contributed by atoms with Gasteiger partial charge in [0.15, 0.2) is 0 Å². The van der Waals surface area contributed by atoms with E-state index in [2.05, 4.69) is 10.3 Å². The zero-order chi connectivity index (χ0) is 15.4. The van der Waals surface area contributed by atoms with Crippen LogP contribution in [-0.4, -0.2) is 35.6 Å². The van der Waals surface area contributed by atoms with Gasteiger partial charge < -0.3 is 15.0 Å². The first-order valence-corrected chi connectivity index (χ1v) is 7.05. The molecule has 1 atom stereocenters. The van der Waals surface area contributed by atoms with E-state index in [0.717, 1.165) is 5.56 Å². The number of carbonyl (C=O) groups excluding carboxylic acids is 1. The minimum absolute atomic E-state index is 0.210. The van der Waals surface area contributed by atoms with Crippen molar-refractivity contribution >= 4 is 11.7 Å². The monoisotopic (exact) mass is 301 g/mol. The molecule has 5 nitrogen and oxygen atoms in total. The van der Waals surface area contributed by atoms with E-state index in [1.165, 1.54) is 12.1 Å². The molecule has 0 aliphatic carbocycles. The number of nitrogens with one attached hydrogen (secondary N) is 1. The Balaban J connectivity index is 1.66. The summed E-state index contributed by atoms with van der Waals surface area (Å²) in [6, 6.07) is 9.59. The first-order valence-electron chi connectivity index (χ1n) is 7.05. The molecular formula is C16H16FN3O2. The fourth-order valence-electron chi connectivity index (χ4n) is 2.38. The van der Waals surface area contributed by atoms with Crippen molar-refractivity contribution < 1.29 is 13.9 Å². The van der Waals surface area contributed by atoms with Crippen LogP contribution in [-0.2, 0) is 4.74 Å². The molecule has 1 saturated heterocycles. The first-order chi connectivity index (χ1) is 10.7. The van der Waals surface area contributed by atoms with Gasteiger partial charge in [-0.3, -0.25) is 4.98 Å². The van der Waals surface area contributed by atoms with E-state index in [0.29, 0.717) is 25.4 Å². The number of carbonyl (C=O) groups is 1. The highest BCUT2D eigenvalue weighted by molar-refractivity contribution is 5.89. The molecule has 6 heteroatoms. The van der Waals surface area contributed by atoms with Crippen LogP contribution >= 0.6 is 0 Å². The Morgan fingerprint density at radius 1 is 1.36 bits per heavy atom. The number of morpholine rings is 1. The SMILES string of the molecule is O=C(Nc1cccnc1)N1CCO[C@@H](c2cccc(F)c2)C1. The largest absolute Gasteiger partial charge is 0.370 e. The van der Waals surface area contributed by atoms with E-state index < -0.39 is 0 Å². The summed E-state index contributed by atoms with van der Waals surface area (Å²) in [6.45, 7) is 1.30. The van der Waals surface area contributed by atoms with E-state index in [9.17, 15) is 9.18 Å². The Morgan fingerprint density at radius 3 is 3.05 bits per heavy atom. The lowest BCUT2D eigenvalue weighted by atomic mass is 10.1. The van der Waals surface area contributed by atoms with Gasteiger partial charge >= 0.3 is 6.03 Å². The van der Waals surface area contributed by atoms with E-state index in [-0.39, 0.29) is 18.0 Å². The molecule has 2 amide bonds. The highest BCUT2D eigenvalue weighted by Crippen LogP contribution is 2.23. The highest BCUT2D eigenvalue weighted by Gasteiger charge is 2.25. The number of nitrogens with zero attached hydrogens (tertiary/aromatic N) is 2. The standard InChI is InChI=1S/C16H16FN3O2/c17-13-4-1-3-12(9-13)15-11-20(7-8-22-15)16(21)19-14-5-2-6-18-10-14/h1-6,9-10,15H,7-8,11H2,(H,19,21)/t15-/m1/s1. The second-order valence-corrected chi connectivity index (χ2v) is 5.03. The Morgan fingerprint density at radius 2 is 2.27 bits per heavy atom. The van der Waals surface area contributed by atoms with Crippen LogP contribution in [0.5, 0.6) is 0 Å². The number of hydrogen-bond donors (Lipinski definition) is 1. The lowest BCUT2D eigenvalue weighted by Gasteiger charge is -2.33. The van der Waals surface area contributed by atoms with E-state index >= 15 is 0 Å². The number of anilines is 1. The van der Waals surface area contributed by atoms with E-state index in [1.807, 2.05) is 0 Å². The molecule has 1 aliphatic heterocycles. The number of ether oxygens (including phenoxy) is 1. The number of urea groups is 1. The van der Waals surface area contributed by atoms with Crippen LogP contribution in [0.1, 0.15) is 11.7 Å². The normalized spacial score (nSPS) is 18.0. The second-order valence-electron chi connectivity index (χ2n) is 5.03. The summed E-state index contributed by atoms with van der Waals surface area (Å²) in [6.07, 6.45) is 2.91. The van der Waals surface area contributed by atoms with Gasteiger partial charge in [0, 0.05) is 12.7 Å². The van der Waals surface area contributed by atoms with Gasteiger partial charge in [0.25, 0.3) is 0 Å². The van der Waals surface area contributed by atoms with Crippen molar-refractivity contribution in [2.45, 2.75) is 6.10 Å². The summed E-state index contributed by atoms with van der Waals surface area (Å²) in [4.78, 5) is 17.9. The molecular weight excluding hydrogens is 285 g/mol. The van der Waals surface area contributed by atoms with Crippen LogP contribution in [0.25, 0.3) is 0 Å². The summed E-state index contributed by atoms with van der Waals surface area (Å²) >= 11 is 0. The van der Waals surface area contributed by atoms with Crippen LogP contribution in [0.2, 0.25) is 0 Å². The third-order valence-electron chi connectivity index (χ3n) is 3.49. The van der Waals surface area contributed by atoms with Gasteiger partial charge in [-0.15, -0.1) is 0 Å². The van der Waals surface area contributed by atoms with Gasteiger partial charge in [-0.1, -0.05) is 12.1 Å². The van der Waals surface area contributed by atoms with Gasteiger partial charge in [-0.05, 0) is 29.8 Å². The number of benzene rings is 1. The number of halogens is 1. The minimum atomic E-state index is -0.316. The smallest absolute Gasteiger partial charge is 0.322 e. The molecule has 1 fully saturated rings. The molecule has 0 spiro atoms. The third kappa shape index (κ3) is 3.40. The zero-order valence-corrected chi connectivity index (χ0v) is 11.9. The van der Waals surface area contributed by atoms with Crippen molar-refractivity contribution in [2.24, 2.45) is 0 Å². The third-order valence-corrected chi connectivity index (χ3v) is 3.49. The van der Waals surface area contributed by atoms with Crippen molar-refractivity contribution in [1.82, 2.24) is 9.88 Å². The fourth-order valence-corrected chi connectivity index (χ4v) is 2.38. The number of amides is 2. The first kappa shape index (κ1) is 14.5. The van der Waals surface area contributed by atoms with Crippen LogP contribution < -0.4 is 5.32 Å². The zero-order valence-electron chi connectivity index (χ0n) is 11.9. The van der Waals surface area contributed by atoms with Crippen molar-refractivity contribution in [1.29, 1.82) is 0 Å². The molecule has 1 aliphatic rings. The molecule has 22 heavy (non-hydrogen) atoms. The quantitative estimate of drug-likeness (QED) is 0.928. The molecule has 3 rings (SSSR count). The molecule has 1 N–H and O–H groups in total. The number of aromatic nitrogens is 1. The molecule has 2 heterocycles. The van der Waals surface area contributed by atoms with E-state index in [4.69, 9.17) is 4.74 Å². The molecule has 114 valence electrons. The lowest BCUT2D eigenvalue weighted by molar-refractivity contribution is -0.0136. The average Bonchev–Trinajstić information content (AvgIpc) is 2.56. The summed E-state index contributed by atoms with van der Waals surface area (Å²) in [7, 11) is 0. The lowest BCUT2D eigenvalue weighted by Crippen LogP contribution is -2.44. The molecule has 0 bridgehead atoms. The predicted octanol–water partition coefficient (Wildman–Crippen LogP) is 2.83. The molecule has 0 saturated carbocycles. The van der Waals surface area contributed by atoms with Gasteiger partial charge in [-0.2, -0.15) is 0 Å². The van der Waals surface area contributed by atoms with Crippen molar-refractivity contribution in [2.75, 3.05) is 25.0 Å². The van der Waals surface area contributed by atoms with Gasteiger partial charge in [0.1, 0.15) is 11.9 Å². The number of pyridine rings is 1. The van der Waals surface area contributed by atoms with Crippen molar-refractivity contribution in [3.05, 3.63) is 60.2 Å². The maximum atomic E-state index is 13.3. The van der Waals surface area contributed by atoms with Crippen LogP contribution in [0.15, 0.2) is 48.8 Å². The van der Waals surface area contributed by atoms with Gasteiger partial charge in [0.2, 0.25) is 0 Å². The molecule has 1 aromatic carbocycles. The summed E-state index contributed by atoms with van der Waals surface area (Å²) in [5, 5.41) is 2.79. The van der Waals surface area contributed by atoms with Crippen LogP contribution in [0.4, 0.5) is 14.9 Å². The second kappa shape index (κ2) is 6.53. The topological polar surface area (TPSA) is 54.5 Å². The van der Waals surface area contributed by atoms with Crippen molar-refractivity contribution in [3.8, 4) is 0 Å². The number of hydrogen-bond acceptors (Lipinski definition) is 3. The molecule has 0 radical (unpaired) electrons. The van der Waals surface area contributed by atoms with Crippen molar-refractivity contribution in [3.63, 3.8) is 0 Å². The summed E-state index contributed by atoms with van der Waals surface area (Å²) in [5.74, 6) is -0.307. The Hall–Kier alpha value is -2.47. The Kier molecular flexibility index (Phi) is 4.29.